The van der Waals surface area contributed by atoms with Gasteiger partial charge in [-0.2, -0.15) is 0 Å². The van der Waals surface area contributed by atoms with Gasteiger partial charge in [-0.1, -0.05) is 31.2 Å². The first-order valence-corrected chi connectivity index (χ1v) is 5.03. The summed E-state index contributed by atoms with van der Waals surface area (Å²) in [5, 5.41) is 1.25. The Balaban J connectivity index is 3.28. The summed E-state index contributed by atoms with van der Waals surface area (Å²) >= 11 is 0. The topological polar surface area (TPSA) is 0 Å². The minimum atomic E-state index is 1.11. The Hall–Kier alpha value is -0.563. The van der Waals surface area contributed by atoms with Crippen LogP contribution in [0.4, 0.5) is 0 Å². The summed E-state index contributed by atoms with van der Waals surface area (Å²) in [5.74, 6) is 0. The SMILES string of the molecule is CCc1c(C)ccc([Si])c1CC. The van der Waals surface area contributed by atoms with Crippen molar-refractivity contribution in [3.05, 3.63) is 28.8 Å². The zero-order valence-electron chi connectivity index (χ0n) is 8.07. The summed E-state index contributed by atoms with van der Waals surface area (Å²) in [6.07, 6.45) is 2.25. The van der Waals surface area contributed by atoms with Gasteiger partial charge in [-0.05, 0) is 36.5 Å². The standard InChI is InChI=1S/C11H15Si/c1-4-9-8(3)6-7-11(12)10(9)5-2/h6-7H,4-5H2,1-3H3. The predicted octanol–water partition coefficient (Wildman–Crippen LogP) is 1.91. The van der Waals surface area contributed by atoms with E-state index in [4.69, 9.17) is 0 Å². The quantitative estimate of drug-likeness (QED) is 0.602. The van der Waals surface area contributed by atoms with Gasteiger partial charge in [-0.25, -0.2) is 0 Å². The molecule has 0 fully saturated rings. The minimum Gasteiger partial charge on any atom is -0.0639 e. The Bertz CT molecular complexity index is 248. The molecule has 0 aliphatic rings. The van der Waals surface area contributed by atoms with Gasteiger partial charge < -0.3 is 0 Å². The van der Waals surface area contributed by atoms with Gasteiger partial charge in [0.2, 0.25) is 0 Å². The van der Waals surface area contributed by atoms with E-state index >= 15 is 0 Å². The van der Waals surface area contributed by atoms with Crippen LogP contribution in [0.5, 0.6) is 0 Å². The van der Waals surface area contributed by atoms with Crippen molar-refractivity contribution in [1.29, 1.82) is 0 Å². The maximum Gasteiger partial charge on any atom is 0.0715 e. The van der Waals surface area contributed by atoms with E-state index in [9.17, 15) is 0 Å². The number of hydrogen-bond acceptors (Lipinski definition) is 0. The average Bonchev–Trinajstić information content (AvgIpc) is 2.08. The van der Waals surface area contributed by atoms with Crippen LogP contribution >= 0.6 is 0 Å². The van der Waals surface area contributed by atoms with E-state index < -0.39 is 0 Å². The van der Waals surface area contributed by atoms with Crippen molar-refractivity contribution in [3.8, 4) is 0 Å². The highest BCUT2D eigenvalue weighted by atomic mass is 28.1. The van der Waals surface area contributed by atoms with E-state index in [1.807, 2.05) is 0 Å². The summed E-state index contributed by atoms with van der Waals surface area (Å²) in [4.78, 5) is 0. The first-order chi connectivity index (χ1) is 5.70. The van der Waals surface area contributed by atoms with E-state index in [2.05, 4.69) is 43.1 Å². The Morgan fingerprint density at radius 2 is 1.67 bits per heavy atom. The second kappa shape index (κ2) is 3.90. The van der Waals surface area contributed by atoms with Crippen LogP contribution in [0.3, 0.4) is 0 Å². The number of hydrogen-bond donors (Lipinski definition) is 0. The van der Waals surface area contributed by atoms with Gasteiger partial charge in [0.15, 0.2) is 0 Å². The van der Waals surface area contributed by atoms with Gasteiger partial charge in [0.25, 0.3) is 0 Å². The lowest BCUT2D eigenvalue weighted by Gasteiger charge is -2.12. The van der Waals surface area contributed by atoms with E-state index in [-0.39, 0.29) is 0 Å². The summed E-state index contributed by atoms with van der Waals surface area (Å²) in [5.41, 5.74) is 4.38. The summed E-state index contributed by atoms with van der Waals surface area (Å²) in [6.45, 7) is 6.61. The molecule has 0 atom stereocenters. The van der Waals surface area contributed by atoms with Crippen molar-refractivity contribution in [2.24, 2.45) is 0 Å². The normalized spacial score (nSPS) is 10.3. The van der Waals surface area contributed by atoms with E-state index in [0.29, 0.717) is 0 Å². The second-order valence-corrected chi connectivity index (χ2v) is 3.63. The van der Waals surface area contributed by atoms with Gasteiger partial charge in [-0.3, -0.25) is 0 Å². The third kappa shape index (κ3) is 1.61. The molecule has 0 heterocycles. The monoisotopic (exact) mass is 175 g/mol. The molecule has 0 saturated heterocycles. The van der Waals surface area contributed by atoms with Crippen LogP contribution in [0.25, 0.3) is 0 Å². The molecule has 0 aromatic heterocycles. The highest BCUT2D eigenvalue weighted by Crippen LogP contribution is 2.12. The van der Waals surface area contributed by atoms with E-state index in [0.717, 1.165) is 12.8 Å². The average molecular weight is 175 g/mol. The Kier molecular flexibility index (Phi) is 3.10. The molecule has 3 radical (unpaired) electrons. The molecule has 0 spiro atoms. The maximum atomic E-state index is 3.63. The van der Waals surface area contributed by atoms with Crippen molar-refractivity contribution in [2.45, 2.75) is 33.6 Å². The van der Waals surface area contributed by atoms with Crippen molar-refractivity contribution >= 4 is 15.4 Å². The lowest BCUT2D eigenvalue weighted by molar-refractivity contribution is 1.03. The zero-order chi connectivity index (χ0) is 9.14. The third-order valence-electron chi connectivity index (χ3n) is 2.37. The van der Waals surface area contributed by atoms with Crippen LogP contribution in [0.1, 0.15) is 30.5 Å². The molecule has 12 heavy (non-hydrogen) atoms. The molecule has 0 saturated carbocycles. The van der Waals surface area contributed by atoms with Crippen LogP contribution in [0.15, 0.2) is 12.1 Å². The fraction of sp³-hybridized carbons (Fsp3) is 0.455. The predicted molar refractivity (Wildman–Crippen MR) is 55.3 cm³/mol. The highest BCUT2D eigenvalue weighted by molar-refractivity contribution is 6.33. The molecular weight excluding hydrogens is 160 g/mol. The van der Waals surface area contributed by atoms with Crippen molar-refractivity contribution < 1.29 is 0 Å². The lowest BCUT2D eigenvalue weighted by atomic mass is 9.98. The molecule has 0 bridgehead atoms. The van der Waals surface area contributed by atoms with Crippen LogP contribution < -0.4 is 5.19 Å². The second-order valence-electron chi connectivity index (χ2n) is 3.09. The molecule has 1 heteroatoms. The summed E-state index contributed by atoms with van der Waals surface area (Å²) in [7, 11) is 3.63. The summed E-state index contributed by atoms with van der Waals surface area (Å²) in [6, 6.07) is 4.32. The van der Waals surface area contributed by atoms with Gasteiger partial charge in [0, 0.05) is 0 Å². The number of aryl methyl sites for hydroxylation is 1. The Labute approximate surface area is 78.4 Å². The van der Waals surface area contributed by atoms with Crippen LogP contribution in [0, 0.1) is 6.92 Å². The largest absolute Gasteiger partial charge is 0.0715 e. The van der Waals surface area contributed by atoms with E-state index in [1.165, 1.54) is 21.9 Å². The Morgan fingerprint density at radius 1 is 1.08 bits per heavy atom. The lowest BCUT2D eigenvalue weighted by Crippen LogP contribution is -2.13. The first kappa shape index (κ1) is 9.52. The Morgan fingerprint density at radius 3 is 2.08 bits per heavy atom. The highest BCUT2D eigenvalue weighted by Gasteiger charge is 2.04. The molecule has 0 amide bonds. The fourth-order valence-electron chi connectivity index (χ4n) is 1.71. The number of rotatable bonds is 2. The molecule has 63 valence electrons. The first-order valence-electron chi connectivity index (χ1n) is 4.53. The van der Waals surface area contributed by atoms with Crippen molar-refractivity contribution in [3.63, 3.8) is 0 Å². The van der Waals surface area contributed by atoms with Gasteiger partial charge >= 0.3 is 0 Å². The molecule has 1 aromatic rings. The van der Waals surface area contributed by atoms with Crippen LogP contribution in [-0.4, -0.2) is 10.2 Å². The van der Waals surface area contributed by atoms with Crippen LogP contribution in [0.2, 0.25) is 0 Å². The van der Waals surface area contributed by atoms with Gasteiger partial charge in [0.1, 0.15) is 0 Å². The summed E-state index contributed by atoms with van der Waals surface area (Å²) < 4.78 is 0. The van der Waals surface area contributed by atoms with Crippen LogP contribution in [-0.2, 0) is 12.8 Å². The molecule has 0 aliphatic carbocycles. The fourth-order valence-corrected chi connectivity index (χ4v) is 2.12. The van der Waals surface area contributed by atoms with E-state index in [1.54, 1.807) is 0 Å². The minimum absolute atomic E-state index is 1.11. The molecule has 0 N–H and O–H groups in total. The molecule has 1 aromatic carbocycles. The van der Waals surface area contributed by atoms with Crippen molar-refractivity contribution in [1.82, 2.24) is 0 Å². The third-order valence-corrected chi connectivity index (χ3v) is 2.84. The molecule has 1 rings (SSSR count). The molecule has 0 nitrogen and oxygen atoms in total. The zero-order valence-corrected chi connectivity index (χ0v) is 9.07. The molecular formula is C11H15Si. The van der Waals surface area contributed by atoms with Crippen molar-refractivity contribution in [2.75, 3.05) is 0 Å². The smallest absolute Gasteiger partial charge is 0.0639 e. The molecule has 0 unspecified atom stereocenters. The maximum absolute atomic E-state index is 3.63. The van der Waals surface area contributed by atoms with Gasteiger partial charge in [0.05, 0.1) is 10.2 Å². The number of benzene rings is 1. The van der Waals surface area contributed by atoms with Gasteiger partial charge in [-0.15, -0.1) is 0 Å². The molecule has 0 aliphatic heterocycles.